The summed E-state index contributed by atoms with van der Waals surface area (Å²) in [6.07, 6.45) is 2.59. The van der Waals surface area contributed by atoms with Crippen molar-refractivity contribution in [3.8, 4) is 0 Å². The second kappa shape index (κ2) is 4.55. The van der Waals surface area contributed by atoms with Gasteiger partial charge in [-0.15, -0.1) is 0 Å². The molecule has 1 aromatic carbocycles. The van der Waals surface area contributed by atoms with Gasteiger partial charge in [-0.2, -0.15) is 0 Å². The largest absolute Gasteiger partial charge is 0.381 e. The quantitative estimate of drug-likeness (QED) is 0.939. The maximum absolute atomic E-state index is 5.27. The van der Waals surface area contributed by atoms with Crippen LogP contribution in [0.5, 0.6) is 0 Å². The third-order valence-corrected chi connectivity index (χ3v) is 4.55. The first kappa shape index (κ1) is 11.4. The summed E-state index contributed by atoms with van der Waals surface area (Å²) in [4.78, 5) is 4.57. The third-order valence-electron chi connectivity index (χ3n) is 3.11. The number of nitrogens with one attached hydrogen (secondary N) is 1. The fraction of sp³-hybridized carbons (Fsp3) is 0.417. The van der Waals surface area contributed by atoms with Crippen molar-refractivity contribution in [3.63, 3.8) is 0 Å². The van der Waals surface area contributed by atoms with Gasteiger partial charge in [-0.3, -0.25) is 0 Å². The highest BCUT2D eigenvalue weighted by Gasteiger charge is 2.29. The highest BCUT2D eigenvalue weighted by atomic mass is 79.9. The summed E-state index contributed by atoms with van der Waals surface area (Å²) in [6, 6.07) is 6.69. The zero-order valence-electron chi connectivity index (χ0n) is 9.44. The van der Waals surface area contributed by atoms with Crippen molar-refractivity contribution < 1.29 is 4.74 Å². The lowest BCUT2D eigenvalue weighted by Crippen LogP contribution is -2.40. The maximum atomic E-state index is 5.27. The lowest BCUT2D eigenvalue weighted by atomic mass is 9.89. The van der Waals surface area contributed by atoms with Gasteiger partial charge in [-0.25, -0.2) is 4.98 Å². The average molecular weight is 313 g/mol. The fourth-order valence-electron chi connectivity index (χ4n) is 2.01. The van der Waals surface area contributed by atoms with Gasteiger partial charge in [0.05, 0.1) is 16.3 Å². The molecule has 0 amide bonds. The molecule has 0 aliphatic heterocycles. The Bertz CT molecular complexity index is 536. The first-order valence-electron chi connectivity index (χ1n) is 5.60. The lowest BCUT2D eigenvalue weighted by molar-refractivity contribution is 0.0329. The number of nitrogens with zero attached hydrogens (tertiary/aromatic N) is 1. The summed E-state index contributed by atoms with van der Waals surface area (Å²) in [7, 11) is 1.77. The Kier molecular flexibility index (Phi) is 3.06. The second-order valence-corrected chi connectivity index (χ2v) is 6.25. The van der Waals surface area contributed by atoms with Crippen molar-refractivity contribution in [1.82, 2.24) is 4.98 Å². The highest BCUT2D eigenvalue weighted by Crippen LogP contribution is 2.32. The lowest BCUT2D eigenvalue weighted by Gasteiger charge is -2.34. The molecule has 0 spiro atoms. The Morgan fingerprint density at radius 1 is 1.47 bits per heavy atom. The zero-order valence-corrected chi connectivity index (χ0v) is 11.8. The standard InChI is InChI=1S/C12H13BrN2OS/c1-16-9-5-8(6-9)14-12-15-10-3-2-7(13)4-11(10)17-12/h2-4,8-9H,5-6H2,1H3,(H,14,15). The molecule has 0 atom stereocenters. The van der Waals surface area contributed by atoms with Crippen LogP contribution >= 0.6 is 27.3 Å². The number of halogens is 1. The Hall–Kier alpha value is -0.650. The van der Waals surface area contributed by atoms with Crippen molar-refractivity contribution in [3.05, 3.63) is 22.7 Å². The molecule has 1 aliphatic carbocycles. The van der Waals surface area contributed by atoms with Crippen molar-refractivity contribution >= 4 is 42.6 Å². The van der Waals surface area contributed by atoms with E-state index in [0.717, 1.165) is 28.0 Å². The maximum Gasteiger partial charge on any atom is 0.184 e. The summed E-state index contributed by atoms with van der Waals surface area (Å²) in [5.41, 5.74) is 1.06. The van der Waals surface area contributed by atoms with E-state index in [-0.39, 0.29) is 0 Å². The Balaban J connectivity index is 1.73. The number of hydrogen-bond donors (Lipinski definition) is 1. The van der Waals surface area contributed by atoms with E-state index >= 15 is 0 Å². The van der Waals surface area contributed by atoms with Crippen molar-refractivity contribution in [2.24, 2.45) is 0 Å². The Morgan fingerprint density at radius 2 is 2.29 bits per heavy atom. The third kappa shape index (κ3) is 2.32. The number of benzene rings is 1. The molecule has 0 saturated heterocycles. The van der Waals surface area contributed by atoms with Crippen LogP contribution in [0.15, 0.2) is 22.7 Å². The molecule has 90 valence electrons. The number of aromatic nitrogens is 1. The van der Waals surface area contributed by atoms with Crippen LogP contribution in [-0.4, -0.2) is 24.2 Å². The van der Waals surface area contributed by atoms with Gasteiger partial charge in [0.15, 0.2) is 5.13 Å². The average Bonchev–Trinajstić information content (AvgIpc) is 2.64. The molecule has 1 aromatic heterocycles. The molecule has 1 N–H and O–H groups in total. The molecule has 3 rings (SSSR count). The van der Waals surface area contributed by atoms with E-state index < -0.39 is 0 Å². The number of fused-ring (bicyclic) bond motifs is 1. The molecule has 1 heterocycles. The van der Waals surface area contributed by atoms with Gasteiger partial charge in [0.1, 0.15) is 0 Å². The molecule has 2 aromatic rings. The SMILES string of the molecule is COC1CC(Nc2nc3ccc(Br)cc3s2)C1. The van der Waals surface area contributed by atoms with Gasteiger partial charge in [0, 0.05) is 17.6 Å². The molecule has 5 heteroatoms. The van der Waals surface area contributed by atoms with Crippen molar-refractivity contribution in [2.45, 2.75) is 25.0 Å². The Labute approximate surface area is 112 Å². The fourth-order valence-corrected chi connectivity index (χ4v) is 3.51. The topological polar surface area (TPSA) is 34.1 Å². The smallest absolute Gasteiger partial charge is 0.184 e. The number of rotatable bonds is 3. The molecule has 3 nitrogen and oxygen atoms in total. The van der Waals surface area contributed by atoms with Crippen LogP contribution in [0.1, 0.15) is 12.8 Å². The van der Waals surface area contributed by atoms with Gasteiger partial charge in [0.25, 0.3) is 0 Å². The van der Waals surface area contributed by atoms with E-state index in [1.54, 1.807) is 18.4 Å². The molecule has 1 saturated carbocycles. The van der Waals surface area contributed by atoms with Gasteiger partial charge < -0.3 is 10.1 Å². The number of hydrogen-bond acceptors (Lipinski definition) is 4. The van der Waals surface area contributed by atoms with Crippen LogP contribution < -0.4 is 5.32 Å². The zero-order chi connectivity index (χ0) is 11.8. The van der Waals surface area contributed by atoms with Crippen molar-refractivity contribution in [1.29, 1.82) is 0 Å². The van der Waals surface area contributed by atoms with E-state index in [9.17, 15) is 0 Å². The number of methoxy groups -OCH3 is 1. The van der Waals surface area contributed by atoms with E-state index in [4.69, 9.17) is 4.74 Å². The van der Waals surface area contributed by atoms with Crippen LogP contribution in [0.2, 0.25) is 0 Å². The van der Waals surface area contributed by atoms with Gasteiger partial charge >= 0.3 is 0 Å². The van der Waals surface area contributed by atoms with E-state index in [0.29, 0.717) is 12.1 Å². The minimum absolute atomic E-state index is 0.427. The summed E-state index contributed by atoms with van der Waals surface area (Å²) >= 11 is 5.18. The normalized spacial score (nSPS) is 23.6. The predicted molar refractivity (Wildman–Crippen MR) is 74.8 cm³/mol. The van der Waals surface area contributed by atoms with Gasteiger partial charge in [-0.1, -0.05) is 27.3 Å². The second-order valence-electron chi connectivity index (χ2n) is 4.30. The summed E-state index contributed by atoms with van der Waals surface area (Å²) < 4.78 is 7.58. The Morgan fingerprint density at radius 3 is 3.06 bits per heavy atom. The molecule has 17 heavy (non-hydrogen) atoms. The van der Waals surface area contributed by atoms with Crippen molar-refractivity contribution in [2.75, 3.05) is 12.4 Å². The first-order chi connectivity index (χ1) is 8.24. The number of thiazole rings is 1. The van der Waals surface area contributed by atoms with E-state index in [1.807, 2.05) is 12.1 Å². The molecule has 0 radical (unpaired) electrons. The van der Waals surface area contributed by atoms with Crippen LogP contribution in [-0.2, 0) is 4.74 Å². The van der Waals surface area contributed by atoms with Crippen LogP contribution in [0, 0.1) is 0 Å². The molecular formula is C12H13BrN2OS. The molecule has 0 bridgehead atoms. The van der Waals surface area contributed by atoms with Crippen LogP contribution in [0.4, 0.5) is 5.13 Å². The van der Waals surface area contributed by atoms with Crippen LogP contribution in [0.3, 0.4) is 0 Å². The highest BCUT2D eigenvalue weighted by molar-refractivity contribution is 9.10. The molecule has 0 unspecified atom stereocenters. The monoisotopic (exact) mass is 312 g/mol. The van der Waals surface area contributed by atoms with E-state index in [2.05, 4.69) is 32.3 Å². The molecule has 1 aliphatic rings. The summed E-state index contributed by atoms with van der Waals surface area (Å²) in [5.74, 6) is 0. The molecule has 1 fully saturated rings. The minimum Gasteiger partial charge on any atom is -0.381 e. The minimum atomic E-state index is 0.427. The van der Waals surface area contributed by atoms with Crippen LogP contribution in [0.25, 0.3) is 10.2 Å². The number of anilines is 1. The summed E-state index contributed by atoms with van der Waals surface area (Å²) in [6.45, 7) is 0. The van der Waals surface area contributed by atoms with Gasteiger partial charge in [-0.05, 0) is 31.0 Å². The van der Waals surface area contributed by atoms with E-state index in [1.165, 1.54) is 4.70 Å². The molecular weight excluding hydrogens is 300 g/mol. The summed E-state index contributed by atoms with van der Waals surface area (Å²) in [5, 5.41) is 4.48. The number of ether oxygens (including phenoxy) is 1. The predicted octanol–water partition coefficient (Wildman–Crippen LogP) is 3.65. The van der Waals surface area contributed by atoms with Gasteiger partial charge in [0.2, 0.25) is 0 Å². The first-order valence-corrected chi connectivity index (χ1v) is 7.21.